The number of amides is 2. The van der Waals surface area contributed by atoms with Crippen molar-refractivity contribution in [3.05, 3.63) is 48.7 Å². The van der Waals surface area contributed by atoms with E-state index in [2.05, 4.69) is 28.6 Å². The van der Waals surface area contributed by atoms with E-state index in [0.717, 1.165) is 47.9 Å². The number of nitrogens with zero attached hydrogens (tertiary/aromatic N) is 4. The predicted octanol–water partition coefficient (Wildman–Crippen LogP) is 3.31. The van der Waals surface area contributed by atoms with E-state index in [1.54, 1.807) is 12.0 Å². The summed E-state index contributed by atoms with van der Waals surface area (Å²) in [6.07, 6.45) is 5.92. The molecular weight excluding hydrogens is 404 g/mol. The molecule has 1 aromatic carbocycles. The smallest absolute Gasteiger partial charge is 0.338 e. The number of hydrogen-bond donors (Lipinski definition) is 2. The fourth-order valence-electron chi connectivity index (χ4n) is 4.41. The molecule has 0 unspecified atom stereocenters. The molecule has 1 aliphatic heterocycles. The molecule has 0 bridgehead atoms. The van der Waals surface area contributed by atoms with Crippen LogP contribution in [0.2, 0.25) is 0 Å². The molecule has 2 fully saturated rings. The van der Waals surface area contributed by atoms with Gasteiger partial charge in [0.1, 0.15) is 5.82 Å². The molecule has 8 nitrogen and oxygen atoms in total. The SMILES string of the molecule is C=C(c1cc(-c2ccc(N3CCCC3)nc2)ccc1N)N(C(=O)N(C)N)C1CC(OC)C1. The molecule has 1 aromatic heterocycles. The van der Waals surface area contributed by atoms with Gasteiger partial charge in [0.05, 0.1) is 6.10 Å². The van der Waals surface area contributed by atoms with Gasteiger partial charge in [-0.25, -0.2) is 15.6 Å². The van der Waals surface area contributed by atoms with Gasteiger partial charge in [0.2, 0.25) is 0 Å². The summed E-state index contributed by atoms with van der Waals surface area (Å²) in [5.41, 5.74) is 10.1. The summed E-state index contributed by atoms with van der Waals surface area (Å²) in [6, 6.07) is 9.55. The van der Waals surface area contributed by atoms with Crippen molar-refractivity contribution in [3.8, 4) is 11.1 Å². The maximum absolute atomic E-state index is 12.9. The van der Waals surface area contributed by atoms with Gasteiger partial charge in [-0.05, 0) is 55.5 Å². The summed E-state index contributed by atoms with van der Waals surface area (Å²) < 4.78 is 5.39. The maximum atomic E-state index is 12.9. The van der Waals surface area contributed by atoms with E-state index in [9.17, 15) is 4.79 Å². The summed E-state index contributed by atoms with van der Waals surface area (Å²) in [4.78, 5) is 21.5. The predicted molar refractivity (Wildman–Crippen MR) is 128 cm³/mol. The minimum atomic E-state index is -0.323. The first-order chi connectivity index (χ1) is 15.4. The van der Waals surface area contributed by atoms with Gasteiger partial charge >= 0.3 is 6.03 Å². The summed E-state index contributed by atoms with van der Waals surface area (Å²) in [7, 11) is 3.21. The van der Waals surface area contributed by atoms with Crippen LogP contribution >= 0.6 is 0 Å². The Balaban J connectivity index is 1.60. The largest absolute Gasteiger partial charge is 0.398 e. The third-order valence-electron chi connectivity index (χ3n) is 6.44. The molecular formula is C24H32N6O2. The van der Waals surface area contributed by atoms with Crippen LogP contribution in [0, 0.1) is 0 Å². The quantitative estimate of drug-likeness (QED) is 0.312. The van der Waals surface area contributed by atoms with Crippen LogP contribution in [-0.4, -0.2) is 60.3 Å². The Morgan fingerprint density at radius 1 is 1.19 bits per heavy atom. The minimum Gasteiger partial charge on any atom is -0.398 e. The lowest BCUT2D eigenvalue weighted by molar-refractivity contribution is -0.00429. The highest BCUT2D eigenvalue weighted by Crippen LogP contribution is 2.36. The number of hydrogen-bond acceptors (Lipinski definition) is 6. The number of nitrogen functional groups attached to an aromatic ring is 1. The lowest BCUT2D eigenvalue weighted by atomic mass is 9.87. The summed E-state index contributed by atoms with van der Waals surface area (Å²) >= 11 is 0. The number of methoxy groups -OCH3 is 1. The number of urea groups is 1. The molecule has 1 aliphatic carbocycles. The van der Waals surface area contributed by atoms with Crippen molar-refractivity contribution in [3.63, 3.8) is 0 Å². The fraction of sp³-hybridized carbons (Fsp3) is 0.417. The lowest BCUT2D eigenvalue weighted by Crippen LogP contribution is -2.54. The van der Waals surface area contributed by atoms with Crippen LogP contribution < -0.4 is 16.5 Å². The Hall–Kier alpha value is -3.10. The molecule has 2 amide bonds. The second-order valence-electron chi connectivity index (χ2n) is 8.59. The normalized spacial score (nSPS) is 20.0. The highest BCUT2D eigenvalue weighted by molar-refractivity contribution is 5.89. The molecule has 2 aromatic rings. The number of nitrogens with two attached hydrogens (primary N) is 2. The first-order valence-electron chi connectivity index (χ1n) is 11.0. The summed E-state index contributed by atoms with van der Waals surface area (Å²) in [6.45, 7) is 6.34. The number of benzene rings is 1. The van der Waals surface area contributed by atoms with Crippen LogP contribution in [0.4, 0.5) is 16.3 Å². The van der Waals surface area contributed by atoms with Crippen molar-refractivity contribution in [1.29, 1.82) is 0 Å². The average molecular weight is 437 g/mol. The van der Waals surface area contributed by atoms with Crippen LogP contribution in [-0.2, 0) is 4.74 Å². The molecule has 8 heteroatoms. The molecule has 0 atom stereocenters. The standard InChI is InChI=1S/C24H32N6O2/c1-16(30(24(31)28(2)26)19-13-20(14-19)32-3)21-12-17(6-8-22(21)25)18-7-9-23(27-15-18)29-10-4-5-11-29/h6-9,12,15,19-20H,1,4-5,10-11,13-14,25-26H2,2-3H3. The van der Waals surface area contributed by atoms with E-state index >= 15 is 0 Å². The van der Waals surface area contributed by atoms with Crippen molar-refractivity contribution in [1.82, 2.24) is 14.9 Å². The van der Waals surface area contributed by atoms with Crippen LogP contribution in [0.5, 0.6) is 0 Å². The topological polar surface area (TPSA) is 101 Å². The number of aromatic nitrogens is 1. The van der Waals surface area contributed by atoms with Crippen molar-refractivity contribution in [2.75, 3.05) is 37.9 Å². The second-order valence-corrected chi connectivity index (χ2v) is 8.59. The number of carbonyl (C=O) groups excluding carboxylic acids is 1. The van der Waals surface area contributed by atoms with Crippen molar-refractivity contribution in [2.45, 2.75) is 37.8 Å². The molecule has 2 heterocycles. The van der Waals surface area contributed by atoms with E-state index in [4.69, 9.17) is 16.3 Å². The second kappa shape index (κ2) is 9.18. The Morgan fingerprint density at radius 3 is 2.47 bits per heavy atom. The van der Waals surface area contributed by atoms with Crippen LogP contribution in [0.3, 0.4) is 0 Å². The summed E-state index contributed by atoms with van der Waals surface area (Å²) in [5, 5.41) is 1.08. The fourth-order valence-corrected chi connectivity index (χ4v) is 4.41. The number of hydrazine groups is 1. The molecule has 1 saturated carbocycles. The van der Waals surface area contributed by atoms with E-state index < -0.39 is 0 Å². The Bertz CT molecular complexity index is 978. The number of rotatable bonds is 6. The van der Waals surface area contributed by atoms with Gasteiger partial charge in [0, 0.05) is 62.0 Å². The van der Waals surface area contributed by atoms with Crippen LogP contribution in [0.1, 0.15) is 31.2 Å². The Kier molecular flexibility index (Phi) is 6.34. The minimum absolute atomic E-state index is 0.0320. The first kappa shape index (κ1) is 22.1. The van der Waals surface area contributed by atoms with Gasteiger partial charge in [-0.1, -0.05) is 12.6 Å². The third-order valence-corrected chi connectivity index (χ3v) is 6.44. The van der Waals surface area contributed by atoms with Gasteiger partial charge in [-0.3, -0.25) is 9.91 Å². The molecule has 1 saturated heterocycles. The van der Waals surface area contributed by atoms with Gasteiger partial charge in [-0.15, -0.1) is 0 Å². The molecule has 0 spiro atoms. The first-order valence-corrected chi connectivity index (χ1v) is 11.0. The van der Waals surface area contributed by atoms with E-state index in [-0.39, 0.29) is 18.2 Å². The number of ether oxygens (including phenoxy) is 1. The summed E-state index contributed by atoms with van der Waals surface area (Å²) in [5.74, 6) is 6.79. The van der Waals surface area contributed by atoms with Crippen LogP contribution in [0.15, 0.2) is 43.1 Å². The molecule has 0 radical (unpaired) electrons. The number of carbonyl (C=O) groups is 1. The van der Waals surface area contributed by atoms with Gasteiger partial charge in [0.25, 0.3) is 0 Å². The van der Waals surface area contributed by atoms with E-state index in [0.29, 0.717) is 16.9 Å². The number of anilines is 2. The third kappa shape index (κ3) is 4.28. The van der Waals surface area contributed by atoms with Gasteiger partial charge < -0.3 is 15.4 Å². The zero-order chi connectivity index (χ0) is 22.8. The van der Waals surface area contributed by atoms with E-state index in [1.165, 1.54) is 19.9 Å². The zero-order valence-corrected chi connectivity index (χ0v) is 18.8. The highest BCUT2D eigenvalue weighted by Gasteiger charge is 2.39. The highest BCUT2D eigenvalue weighted by atomic mass is 16.5. The van der Waals surface area contributed by atoms with Crippen molar-refractivity contribution < 1.29 is 9.53 Å². The Labute approximate surface area is 189 Å². The number of pyridine rings is 1. The van der Waals surface area contributed by atoms with Crippen LogP contribution in [0.25, 0.3) is 16.8 Å². The van der Waals surface area contributed by atoms with E-state index in [1.807, 2.05) is 24.4 Å². The van der Waals surface area contributed by atoms with Crippen molar-refractivity contribution in [2.24, 2.45) is 5.84 Å². The molecule has 2 aliphatic rings. The molecule has 32 heavy (non-hydrogen) atoms. The molecule has 170 valence electrons. The maximum Gasteiger partial charge on any atom is 0.338 e. The molecule has 4 rings (SSSR count). The van der Waals surface area contributed by atoms with Crippen molar-refractivity contribution >= 4 is 23.2 Å². The van der Waals surface area contributed by atoms with Gasteiger partial charge in [-0.2, -0.15) is 0 Å². The Morgan fingerprint density at radius 2 is 1.88 bits per heavy atom. The lowest BCUT2D eigenvalue weighted by Gasteiger charge is -2.43. The average Bonchev–Trinajstić information content (AvgIpc) is 3.30. The molecule has 4 N–H and O–H groups in total. The van der Waals surface area contributed by atoms with Gasteiger partial charge in [0.15, 0.2) is 0 Å². The monoisotopic (exact) mass is 436 g/mol. The zero-order valence-electron chi connectivity index (χ0n) is 18.8.